The second-order valence-corrected chi connectivity index (χ2v) is 8.66. The maximum absolute atomic E-state index is 12.3. The molecule has 9 heteroatoms. The van der Waals surface area contributed by atoms with Gasteiger partial charge >= 0.3 is 0 Å². The van der Waals surface area contributed by atoms with Crippen molar-refractivity contribution >= 4 is 27.1 Å². The van der Waals surface area contributed by atoms with Crippen molar-refractivity contribution in [2.75, 3.05) is 16.8 Å². The first-order valence-electron chi connectivity index (χ1n) is 8.41. The molecule has 27 heavy (non-hydrogen) atoms. The molecule has 2 aromatic carbocycles. The van der Waals surface area contributed by atoms with Gasteiger partial charge in [0.05, 0.1) is 16.4 Å². The largest absolute Gasteiger partial charge is 0.381 e. The summed E-state index contributed by atoms with van der Waals surface area (Å²) in [6.07, 6.45) is 0.437. The number of nitro benzene ring substituents is 1. The number of hydrogen-bond donors (Lipinski definition) is 2. The number of rotatable bonds is 6. The molecular formula is C18H19N3O5S. The van der Waals surface area contributed by atoms with E-state index in [1.807, 2.05) is 6.07 Å². The summed E-state index contributed by atoms with van der Waals surface area (Å²) in [6.45, 7) is 0.448. The second kappa shape index (κ2) is 7.75. The van der Waals surface area contributed by atoms with E-state index in [-0.39, 0.29) is 29.1 Å². The van der Waals surface area contributed by atoms with Crippen LogP contribution in [-0.4, -0.2) is 36.8 Å². The predicted molar refractivity (Wildman–Crippen MR) is 101 cm³/mol. The summed E-state index contributed by atoms with van der Waals surface area (Å²) >= 11 is 0. The summed E-state index contributed by atoms with van der Waals surface area (Å²) in [5, 5.41) is 16.6. The molecule has 1 aliphatic rings. The Labute approximate surface area is 156 Å². The van der Waals surface area contributed by atoms with Gasteiger partial charge in [0.15, 0.2) is 9.84 Å². The van der Waals surface area contributed by atoms with Crippen LogP contribution in [0, 0.1) is 10.1 Å². The van der Waals surface area contributed by atoms with Crippen molar-refractivity contribution in [2.24, 2.45) is 0 Å². The van der Waals surface area contributed by atoms with Crippen LogP contribution in [0.5, 0.6) is 0 Å². The number of hydrogen-bond acceptors (Lipinski definition) is 6. The fourth-order valence-electron chi connectivity index (χ4n) is 2.89. The van der Waals surface area contributed by atoms with Gasteiger partial charge in [0.25, 0.3) is 11.6 Å². The molecule has 0 bridgehead atoms. The third kappa shape index (κ3) is 5.04. The van der Waals surface area contributed by atoms with E-state index in [9.17, 15) is 23.3 Å². The molecule has 1 heterocycles. The number of sulfone groups is 1. The first-order valence-corrected chi connectivity index (χ1v) is 10.2. The predicted octanol–water partition coefficient (Wildman–Crippen LogP) is 2.12. The number of carbonyl (C=O) groups excluding carboxylic acids is 1. The number of benzene rings is 2. The minimum atomic E-state index is -3.05. The van der Waals surface area contributed by atoms with E-state index in [0.717, 1.165) is 11.3 Å². The minimum Gasteiger partial charge on any atom is -0.381 e. The molecule has 0 unspecified atom stereocenters. The van der Waals surface area contributed by atoms with E-state index in [0.29, 0.717) is 18.5 Å². The average Bonchev–Trinajstić information content (AvgIpc) is 2.99. The highest BCUT2D eigenvalue weighted by molar-refractivity contribution is 7.91. The molecule has 0 saturated carbocycles. The fourth-order valence-corrected chi connectivity index (χ4v) is 4.56. The van der Waals surface area contributed by atoms with Crippen molar-refractivity contribution in [3.8, 4) is 0 Å². The second-order valence-electron chi connectivity index (χ2n) is 6.43. The summed E-state index contributed by atoms with van der Waals surface area (Å²) in [5.41, 5.74) is 2.06. The van der Waals surface area contributed by atoms with Gasteiger partial charge in [-0.05, 0) is 30.2 Å². The van der Waals surface area contributed by atoms with Crippen LogP contribution in [0.4, 0.5) is 11.4 Å². The Morgan fingerprint density at radius 1 is 1.19 bits per heavy atom. The molecule has 1 atom stereocenters. The van der Waals surface area contributed by atoms with Gasteiger partial charge in [-0.15, -0.1) is 0 Å². The van der Waals surface area contributed by atoms with E-state index in [4.69, 9.17) is 0 Å². The molecule has 2 aromatic rings. The third-order valence-electron chi connectivity index (χ3n) is 4.34. The van der Waals surface area contributed by atoms with Crippen LogP contribution >= 0.6 is 0 Å². The van der Waals surface area contributed by atoms with Gasteiger partial charge in [0, 0.05) is 36.0 Å². The molecule has 1 saturated heterocycles. The lowest BCUT2D eigenvalue weighted by Crippen LogP contribution is -2.35. The summed E-state index contributed by atoms with van der Waals surface area (Å²) in [7, 11) is -3.05. The molecule has 2 N–H and O–H groups in total. The Kier molecular flexibility index (Phi) is 5.41. The zero-order valence-corrected chi connectivity index (χ0v) is 15.2. The molecular weight excluding hydrogens is 370 g/mol. The summed E-state index contributed by atoms with van der Waals surface area (Å²) in [6, 6.07) is 12.8. The molecule has 1 aliphatic heterocycles. The first-order chi connectivity index (χ1) is 12.8. The lowest BCUT2D eigenvalue weighted by molar-refractivity contribution is -0.384. The van der Waals surface area contributed by atoms with Crippen molar-refractivity contribution in [2.45, 2.75) is 19.0 Å². The lowest BCUT2D eigenvalue weighted by atomic mass is 10.1. The van der Waals surface area contributed by atoms with Crippen LogP contribution in [0.2, 0.25) is 0 Å². The summed E-state index contributed by atoms with van der Waals surface area (Å²) in [4.78, 5) is 22.6. The van der Waals surface area contributed by atoms with Crippen LogP contribution < -0.4 is 10.6 Å². The Hall–Kier alpha value is -2.94. The van der Waals surface area contributed by atoms with E-state index >= 15 is 0 Å². The van der Waals surface area contributed by atoms with Gasteiger partial charge in [0.1, 0.15) is 0 Å². The summed E-state index contributed by atoms with van der Waals surface area (Å²) < 4.78 is 23.0. The van der Waals surface area contributed by atoms with Crippen LogP contribution in [-0.2, 0) is 16.4 Å². The minimum absolute atomic E-state index is 0.0170. The standard InChI is InChI=1S/C18H19N3O5S/c22-18(20-16-8-9-27(25,26)12-16)14-2-1-3-15(10-14)19-11-13-4-6-17(7-5-13)21(23)24/h1-7,10,16,19H,8-9,11-12H2,(H,20,22)/t16-/m1/s1. The van der Waals surface area contributed by atoms with Gasteiger partial charge in [-0.1, -0.05) is 18.2 Å². The van der Waals surface area contributed by atoms with E-state index in [2.05, 4.69) is 10.6 Å². The molecule has 1 amide bonds. The number of amides is 1. The molecule has 0 aromatic heterocycles. The number of nitrogens with one attached hydrogen (secondary N) is 2. The maximum atomic E-state index is 12.3. The van der Waals surface area contributed by atoms with Gasteiger partial charge in [-0.2, -0.15) is 0 Å². The molecule has 1 fully saturated rings. The number of anilines is 1. The zero-order valence-electron chi connectivity index (χ0n) is 14.4. The highest BCUT2D eigenvalue weighted by Gasteiger charge is 2.29. The Morgan fingerprint density at radius 3 is 2.56 bits per heavy atom. The van der Waals surface area contributed by atoms with E-state index < -0.39 is 14.8 Å². The van der Waals surface area contributed by atoms with Gasteiger partial charge in [0.2, 0.25) is 0 Å². The normalized spacial score (nSPS) is 18.0. The van der Waals surface area contributed by atoms with Crippen molar-refractivity contribution in [1.29, 1.82) is 0 Å². The monoisotopic (exact) mass is 389 g/mol. The Balaban J connectivity index is 1.59. The molecule has 0 aliphatic carbocycles. The highest BCUT2D eigenvalue weighted by atomic mass is 32.2. The summed E-state index contributed by atoms with van der Waals surface area (Å²) in [5.74, 6) is -0.220. The first kappa shape index (κ1) is 18.8. The SMILES string of the molecule is O=C(N[C@@H]1CCS(=O)(=O)C1)c1cccc(NCc2ccc([N+](=O)[O-])cc2)c1. The van der Waals surface area contributed by atoms with Crippen LogP contribution in [0.25, 0.3) is 0 Å². The fraction of sp³-hybridized carbons (Fsp3) is 0.278. The average molecular weight is 389 g/mol. The van der Waals surface area contributed by atoms with Crippen molar-refractivity contribution in [3.63, 3.8) is 0 Å². The van der Waals surface area contributed by atoms with Gasteiger partial charge in [-0.3, -0.25) is 14.9 Å². The van der Waals surface area contributed by atoms with Gasteiger partial charge < -0.3 is 10.6 Å². The van der Waals surface area contributed by atoms with Crippen molar-refractivity contribution in [3.05, 3.63) is 69.8 Å². The number of non-ortho nitro benzene ring substituents is 1. The topological polar surface area (TPSA) is 118 Å². The Bertz CT molecular complexity index is 957. The number of carbonyl (C=O) groups is 1. The van der Waals surface area contributed by atoms with Crippen molar-refractivity contribution < 1.29 is 18.1 Å². The number of nitrogens with zero attached hydrogens (tertiary/aromatic N) is 1. The van der Waals surface area contributed by atoms with Crippen LogP contribution in [0.15, 0.2) is 48.5 Å². The highest BCUT2D eigenvalue weighted by Crippen LogP contribution is 2.16. The molecule has 3 rings (SSSR count). The van der Waals surface area contributed by atoms with Crippen LogP contribution in [0.1, 0.15) is 22.3 Å². The third-order valence-corrected chi connectivity index (χ3v) is 6.10. The lowest BCUT2D eigenvalue weighted by Gasteiger charge is -2.12. The maximum Gasteiger partial charge on any atom is 0.269 e. The van der Waals surface area contributed by atoms with Crippen LogP contribution in [0.3, 0.4) is 0 Å². The van der Waals surface area contributed by atoms with E-state index in [1.54, 1.807) is 30.3 Å². The van der Waals surface area contributed by atoms with Gasteiger partial charge in [-0.25, -0.2) is 8.42 Å². The molecule has 0 radical (unpaired) electrons. The smallest absolute Gasteiger partial charge is 0.269 e. The molecule has 0 spiro atoms. The Morgan fingerprint density at radius 2 is 1.93 bits per heavy atom. The zero-order chi connectivity index (χ0) is 19.4. The quantitative estimate of drug-likeness (QED) is 0.577. The molecule has 8 nitrogen and oxygen atoms in total. The van der Waals surface area contributed by atoms with Crippen molar-refractivity contribution in [1.82, 2.24) is 5.32 Å². The van der Waals surface area contributed by atoms with E-state index in [1.165, 1.54) is 12.1 Å². The number of nitro groups is 1. The molecule has 142 valence electrons.